The monoisotopic (exact) mass is 283 g/mol. The first-order chi connectivity index (χ1) is 9.53. The summed E-state index contributed by atoms with van der Waals surface area (Å²) < 4.78 is 32.1. The highest BCUT2D eigenvalue weighted by Crippen LogP contribution is 2.22. The number of allylic oxidation sites excluding steroid dienone is 1. The summed E-state index contributed by atoms with van der Waals surface area (Å²) in [7, 11) is 1.16. The fraction of sp³-hybridized carbons (Fsp3) is 0.400. The van der Waals surface area contributed by atoms with Gasteiger partial charge in [0.25, 0.3) is 0 Å². The molecule has 110 valence electrons. The molecule has 0 bridgehead atoms. The summed E-state index contributed by atoms with van der Waals surface area (Å²) in [6.07, 6.45) is 3.70. The normalized spacial score (nSPS) is 11.3. The largest absolute Gasteiger partial charge is 0.465 e. The summed E-state index contributed by atoms with van der Waals surface area (Å²) in [4.78, 5) is 11.2. The van der Waals surface area contributed by atoms with Crippen molar-refractivity contribution in [1.29, 1.82) is 0 Å². The second kappa shape index (κ2) is 7.62. The smallest absolute Gasteiger partial charge is 0.338 e. The van der Waals surface area contributed by atoms with Crippen LogP contribution in [0.15, 0.2) is 23.8 Å². The first kappa shape index (κ1) is 16.1. The van der Waals surface area contributed by atoms with Crippen molar-refractivity contribution in [2.45, 2.75) is 26.7 Å². The molecule has 1 rings (SSSR count). The molecule has 0 amide bonds. The lowest BCUT2D eigenvalue weighted by Crippen LogP contribution is -2.10. The van der Waals surface area contributed by atoms with Gasteiger partial charge in [-0.05, 0) is 25.0 Å². The summed E-state index contributed by atoms with van der Waals surface area (Å²) in [6, 6.07) is 1.93. The first-order valence-electron chi connectivity index (χ1n) is 6.52. The Labute approximate surface area is 117 Å². The number of halogens is 2. The molecule has 0 atom stereocenters. The Kier molecular flexibility index (Phi) is 6.15. The fourth-order valence-corrected chi connectivity index (χ4v) is 1.81. The van der Waals surface area contributed by atoms with E-state index >= 15 is 0 Å². The van der Waals surface area contributed by atoms with Crippen LogP contribution in [0.1, 0.15) is 37.0 Å². The number of carbonyl (C=O) groups excluding carboxylic acids is 1. The van der Waals surface area contributed by atoms with E-state index in [2.05, 4.69) is 10.1 Å². The SMILES string of the molecule is CC/C=C(\CC)CNc1c(F)cc(C(=O)OC)cc1F. The van der Waals surface area contributed by atoms with Crippen LogP contribution in [0.2, 0.25) is 0 Å². The average molecular weight is 283 g/mol. The standard InChI is InChI=1S/C15H19F2NO2/c1-4-6-10(5-2)9-18-14-12(16)7-11(8-13(14)17)15(19)20-3/h6-8,18H,4-5,9H2,1-3H3/b10-6+. The van der Waals surface area contributed by atoms with Gasteiger partial charge in [0.2, 0.25) is 0 Å². The van der Waals surface area contributed by atoms with Crippen LogP contribution in [-0.4, -0.2) is 19.6 Å². The Morgan fingerprint density at radius 2 is 1.90 bits per heavy atom. The second-order valence-electron chi connectivity index (χ2n) is 4.28. The van der Waals surface area contributed by atoms with Crippen molar-refractivity contribution in [2.24, 2.45) is 0 Å². The minimum atomic E-state index is -0.808. The third kappa shape index (κ3) is 4.05. The van der Waals surface area contributed by atoms with Gasteiger partial charge >= 0.3 is 5.97 Å². The molecule has 0 saturated carbocycles. The van der Waals surface area contributed by atoms with E-state index in [4.69, 9.17) is 0 Å². The van der Waals surface area contributed by atoms with Gasteiger partial charge in [0.1, 0.15) is 17.3 Å². The van der Waals surface area contributed by atoms with Gasteiger partial charge in [-0.25, -0.2) is 13.6 Å². The quantitative estimate of drug-likeness (QED) is 0.635. The molecule has 0 aliphatic heterocycles. The maximum Gasteiger partial charge on any atom is 0.338 e. The molecule has 0 aromatic heterocycles. The summed E-state index contributed by atoms with van der Waals surface area (Å²) in [5.74, 6) is -2.39. The van der Waals surface area contributed by atoms with Crippen LogP contribution in [0.3, 0.4) is 0 Å². The molecule has 0 fully saturated rings. The Balaban J connectivity index is 2.92. The minimum Gasteiger partial charge on any atom is -0.465 e. The van der Waals surface area contributed by atoms with Crippen molar-refractivity contribution in [2.75, 3.05) is 19.0 Å². The summed E-state index contributed by atoms with van der Waals surface area (Å²) in [6.45, 7) is 4.36. The van der Waals surface area contributed by atoms with Gasteiger partial charge in [-0.2, -0.15) is 0 Å². The van der Waals surface area contributed by atoms with Crippen LogP contribution in [-0.2, 0) is 4.74 Å². The molecule has 0 aliphatic rings. The molecule has 1 aromatic carbocycles. The number of esters is 1. The topological polar surface area (TPSA) is 38.3 Å². The van der Waals surface area contributed by atoms with E-state index in [0.29, 0.717) is 6.54 Å². The van der Waals surface area contributed by atoms with Crippen molar-refractivity contribution in [3.05, 3.63) is 41.0 Å². The highest BCUT2D eigenvalue weighted by atomic mass is 19.1. The van der Waals surface area contributed by atoms with Crippen molar-refractivity contribution in [1.82, 2.24) is 0 Å². The number of hydrogen-bond donors (Lipinski definition) is 1. The van der Waals surface area contributed by atoms with Gasteiger partial charge < -0.3 is 10.1 Å². The van der Waals surface area contributed by atoms with Crippen molar-refractivity contribution < 1.29 is 18.3 Å². The van der Waals surface area contributed by atoms with E-state index < -0.39 is 17.6 Å². The van der Waals surface area contributed by atoms with Crippen LogP contribution in [0.25, 0.3) is 0 Å². The number of ether oxygens (including phenoxy) is 1. The van der Waals surface area contributed by atoms with Crippen molar-refractivity contribution in [3.8, 4) is 0 Å². The highest BCUT2D eigenvalue weighted by molar-refractivity contribution is 5.89. The lowest BCUT2D eigenvalue weighted by molar-refractivity contribution is 0.0599. The first-order valence-corrected chi connectivity index (χ1v) is 6.52. The van der Waals surface area contributed by atoms with Crippen LogP contribution >= 0.6 is 0 Å². The van der Waals surface area contributed by atoms with E-state index in [-0.39, 0.29) is 11.3 Å². The van der Waals surface area contributed by atoms with E-state index in [9.17, 15) is 13.6 Å². The summed E-state index contributed by atoms with van der Waals surface area (Å²) in [5.41, 5.74) is 0.698. The minimum absolute atomic E-state index is 0.145. The van der Waals surface area contributed by atoms with Crippen LogP contribution in [0, 0.1) is 11.6 Å². The number of hydrogen-bond acceptors (Lipinski definition) is 3. The van der Waals surface area contributed by atoms with Crippen LogP contribution < -0.4 is 5.32 Å². The predicted octanol–water partition coefficient (Wildman–Crippen LogP) is 3.91. The Hall–Kier alpha value is -1.91. The molecule has 0 saturated heterocycles. The van der Waals surface area contributed by atoms with E-state index in [1.54, 1.807) is 0 Å². The third-order valence-electron chi connectivity index (χ3n) is 2.90. The van der Waals surface area contributed by atoms with E-state index in [0.717, 1.165) is 37.7 Å². The third-order valence-corrected chi connectivity index (χ3v) is 2.90. The molecule has 1 aromatic rings. The maximum atomic E-state index is 13.8. The van der Waals surface area contributed by atoms with Gasteiger partial charge in [-0.15, -0.1) is 0 Å². The molecular formula is C15H19F2NO2. The number of benzene rings is 1. The molecule has 0 aliphatic carbocycles. The molecule has 20 heavy (non-hydrogen) atoms. The Morgan fingerprint density at radius 1 is 1.30 bits per heavy atom. The van der Waals surface area contributed by atoms with E-state index in [1.807, 2.05) is 19.9 Å². The maximum absolute atomic E-state index is 13.8. The molecule has 5 heteroatoms. The number of methoxy groups -OCH3 is 1. The molecule has 3 nitrogen and oxygen atoms in total. The van der Waals surface area contributed by atoms with Crippen molar-refractivity contribution in [3.63, 3.8) is 0 Å². The molecule has 0 spiro atoms. The lowest BCUT2D eigenvalue weighted by atomic mass is 10.1. The number of rotatable bonds is 6. The highest BCUT2D eigenvalue weighted by Gasteiger charge is 2.15. The van der Waals surface area contributed by atoms with Crippen LogP contribution in [0.5, 0.6) is 0 Å². The zero-order valence-corrected chi connectivity index (χ0v) is 11.9. The Morgan fingerprint density at radius 3 is 2.35 bits per heavy atom. The van der Waals surface area contributed by atoms with Gasteiger partial charge in [-0.1, -0.05) is 25.5 Å². The second-order valence-corrected chi connectivity index (χ2v) is 4.28. The Bertz CT molecular complexity index is 490. The predicted molar refractivity (Wildman–Crippen MR) is 74.9 cm³/mol. The average Bonchev–Trinajstić information content (AvgIpc) is 2.44. The van der Waals surface area contributed by atoms with Gasteiger partial charge in [0, 0.05) is 6.54 Å². The number of nitrogens with one attached hydrogen (secondary N) is 1. The lowest BCUT2D eigenvalue weighted by Gasteiger charge is -2.11. The van der Waals surface area contributed by atoms with Crippen molar-refractivity contribution >= 4 is 11.7 Å². The van der Waals surface area contributed by atoms with Crippen LogP contribution in [0.4, 0.5) is 14.5 Å². The molecule has 1 N–H and O–H groups in total. The molecule has 0 unspecified atom stereocenters. The molecular weight excluding hydrogens is 264 g/mol. The molecule has 0 heterocycles. The summed E-state index contributed by atoms with van der Waals surface area (Å²) in [5, 5.41) is 2.73. The number of carbonyl (C=O) groups is 1. The molecule has 0 radical (unpaired) electrons. The van der Waals surface area contributed by atoms with Gasteiger partial charge in [0.15, 0.2) is 0 Å². The van der Waals surface area contributed by atoms with E-state index in [1.165, 1.54) is 0 Å². The van der Waals surface area contributed by atoms with Gasteiger partial charge in [-0.3, -0.25) is 0 Å². The fourth-order valence-electron chi connectivity index (χ4n) is 1.81. The van der Waals surface area contributed by atoms with Gasteiger partial charge in [0.05, 0.1) is 12.7 Å². The number of anilines is 1. The zero-order chi connectivity index (χ0) is 15.1. The zero-order valence-electron chi connectivity index (χ0n) is 11.9. The summed E-state index contributed by atoms with van der Waals surface area (Å²) >= 11 is 0.